The van der Waals surface area contributed by atoms with Gasteiger partial charge < -0.3 is 0 Å². The second kappa shape index (κ2) is 4.31. The van der Waals surface area contributed by atoms with Crippen molar-refractivity contribution in [1.29, 1.82) is 0 Å². The molecule has 0 bridgehead atoms. The highest BCUT2D eigenvalue weighted by Crippen LogP contribution is 2.37. The first-order valence-electron chi connectivity index (χ1n) is 6.65. The average Bonchev–Trinajstić information content (AvgIpc) is 3.01. The van der Waals surface area contributed by atoms with E-state index >= 15 is 0 Å². The minimum absolute atomic E-state index is 0.00407. The molecule has 0 saturated heterocycles. The van der Waals surface area contributed by atoms with Crippen molar-refractivity contribution >= 4 is 49.5 Å². The van der Waals surface area contributed by atoms with Crippen LogP contribution in [-0.2, 0) is 5.41 Å². The van der Waals surface area contributed by atoms with Gasteiger partial charge in [0.2, 0.25) is 0 Å². The lowest BCUT2D eigenvalue weighted by atomic mass is 9.90. The molecular weight excluding hydrogens is 328 g/mol. The standard InChI is InChI=1S/C18H13BrS/c1-18(10-13-6-4-7-15(19)14(13)11-18)17-9-12-5-2-3-8-16(12)20-17/h2-11H,1H3. The molecule has 20 heavy (non-hydrogen) atoms. The molecule has 98 valence electrons. The third-order valence-electron chi connectivity index (χ3n) is 3.94. The van der Waals surface area contributed by atoms with Crippen LogP contribution in [0, 0.1) is 0 Å². The van der Waals surface area contributed by atoms with Crippen LogP contribution < -0.4 is 10.4 Å². The van der Waals surface area contributed by atoms with Crippen LogP contribution in [0.4, 0.5) is 0 Å². The van der Waals surface area contributed by atoms with Gasteiger partial charge in [0.25, 0.3) is 0 Å². The molecular formula is C18H13BrS. The van der Waals surface area contributed by atoms with Gasteiger partial charge in [-0.3, -0.25) is 0 Å². The molecule has 2 heteroatoms. The maximum absolute atomic E-state index is 3.66. The summed E-state index contributed by atoms with van der Waals surface area (Å²) in [5.41, 5.74) is -0.00407. The van der Waals surface area contributed by atoms with Crippen LogP contribution in [-0.4, -0.2) is 0 Å². The van der Waals surface area contributed by atoms with E-state index in [0.717, 1.165) is 0 Å². The number of hydrogen-bond donors (Lipinski definition) is 0. The summed E-state index contributed by atoms with van der Waals surface area (Å²) in [6, 6.07) is 17.3. The van der Waals surface area contributed by atoms with Gasteiger partial charge in [0.05, 0.1) is 0 Å². The SMILES string of the molecule is CC1(c2cc3ccccc3s2)C=c2cccc(Br)c2=C1. The highest BCUT2D eigenvalue weighted by atomic mass is 79.9. The van der Waals surface area contributed by atoms with Gasteiger partial charge in [-0.05, 0) is 40.9 Å². The van der Waals surface area contributed by atoms with E-state index in [-0.39, 0.29) is 5.41 Å². The average molecular weight is 341 g/mol. The summed E-state index contributed by atoms with van der Waals surface area (Å²) in [4.78, 5) is 1.40. The first-order valence-corrected chi connectivity index (χ1v) is 8.26. The molecule has 1 aliphatic rings. The van der Waals surface area contributed by atoms with Crippen molar-refractivity contribution in [3.05, 3.63) is 68.3 Å². The lowest BCUT2D eigenvalue weighted by molar-refractivity contribution is 0.888. The van der Waals surface area contributed by atoms with Crippen LogP contribution in [0.15, 0.2) is 53.0 Å². The third-order valence-corrected chi connectivity index (χ3v) is 6.00. The molecule has 0 amide bonds. The minimum atomic E-state index is -0.00407. The van der Waals surface area contributed by atoms with Crippen LogP contribution in [0.25, 0.3) is 22.2 Å². The Morgan fingerprint density at radius 3 is 2.65 bits per heavy atom. The normalized spacial score (nSPS) is 20.5. The van der Waals surface area contributed by atoms with Gasteiger partial charge in [0, 0.05) is 19.5 Å². The molecule has 0 fully saturated rings. The minimum Gasteiger partial charge on any atom is -0.139 e. The largest absolute Gasteiger partial charge is 0.139 e. The first-order chi connectivity index (χ1) is 9.66. The summed E-state index contributed by atoms with van der Waals surface area (Å²) in [7, 11) is 0. The maximum atomic E-state index is 3.66. The smallest absolute Gasteiger partial charge is 0.0396 e. The highest BCUT2D eigenvalue weighted by Gasteiger charge is 2.26. The molecule has 0 N–H and O–H groups in total. The van der Waals surface area contributed by atoms with Gasteiger partial charge in [0.1, 0.15) is 0 Å². The van der Waals surface area contributed by atoms with Crippen LogP contribution in [0.5, 0.6) is 0 Å². The van der Waals surface area contributed by atoms with Crippen molar-refractivity contribution in [2.24, 2.45) is 0 Å². The molecule has 1 atom stereocenters. The molecule has 0 spiro atoms. The fraction of sp³-hybridized carbons (Fsp3) is 0.111. The zero-order valence-electron chi connectivity index (χ0n) is 11.1. The number of fused-ring (bicyclic) bond motifs is 2. The van der Waals surface area contributed by atoms with Crippen LogP contribution in [0.3, 0.4) is 0 Å². The Hall–Kier alpha value is -1.38. The van der Waals surface area contributed by atoms with Crippen molar-refractivity contribution in [2.75, 3.05) is 0 Å². The Morgan fingerprint density at radius 2 is 1.85 bits per heavy atom. The van der Waals surface area contributed by atoms with E-state index in [1.807, 2.05) is 11.3 Å². The lowest BCUT2D eigenvalue weighted by Gasteiger charge is -2.17. The Balaban J connectivity index is 1.96. The van der Waals surface area contributed by atoms with Gasteiger partial charge in [0.15, 0.2) is 0 Å². The fourth-order valence-corrected chi connectivity index (χ4v) is 4.53. The zero-order chi connectivity index (χ0) is 13.7. The van der Waals surface area contributed by atoms with Crippen LogP contribution in [0.1, 0.15) is 11.8 Å². The predicted octanol–water partition coefficient (Wildman–Crippen LogP) is 4.20. The van der Waals surface area contributed by atoms with Crippen molar-refractivity contribution in [1.82, 2.24) is 0 Å². The number of halogens is 1. The van der Waals surface area contributed by atoms with Crippen molar-refractivity contribution in [3.8, 4) is 0 Å². The molecule has 0 saturated carbocycles. The summed E-state index contributed by atoms with van der Waals surface area (Å²) < 4.78 is 2.54. The summed E-state index contributed by atoms with van der Waals surface area (Å²) in [5, 5.41) is 3.97. The van der Waals surface area contributed by atoms with Crippen molar-refractivity contribution in [2.45, 2.75) is 12.3 Å². The molecule has 1 aromatic heterocycles. The lowest BCUT2D eigenvalue weighted by Crippen LogP contribution is -2.21. The number of rotatable bonds is 1. The van der Waals surface area contributed by atoms with Crippen molar-refractivity contribution in [3.63, 3.8) is 0 Å². The van der Waals surface area contributed by atoms with Gasteiger partial charge in [-0.15, -0.1) is 11.3 Å². The Kier molecular flexibility index (Phi) is 2.66. The van der Waals surface area contributed by atoms with E-state index in [9.17, 15) is 0 Å². The molecule has 0 nitrogen and oxygen atoms in total. The Bertz CT molecular complexity index is 902. The van der Waals surface area contributed by atoms with Crippen LogP contribution >= 0.6 is 27.3 Å². The summed E-state index contributed by atoms with van der Waals surface area (Å²) in [5.74, 6) is 0. The monoisotopic (exact) mass is 340 g/mol. The molecule has 0 aliphatic heterocycles. The van der Waals surface area contributed by atoms with E-state index in [1.165, 1.54) is 29.9 Å². The molecule has 0 radical (unpaired) electrons. The van der Waals surface area contributed by atoms with E-state index in [1.54, 1.807) is 0 Å². The molecule has 2 aromatic carbocycles. The fourth-order valence-electron chi connectivity index (χ4n) is 2.89. The molecule has 4 rings (SSSR count). The second-order valence-corrected chi connectivity index (χ2v) is 7.40. The number of benzene rings is 2. The van der Waals surface area contributed by atoms with Gasteiger partial charge in [-0.25, -0.2) is 0 Å². The first kappa shape index (κ1) is 12.4. The predicted molar refractivity (Wildman–Crippen MR) is 91.5 cm³/mol. The highest BCUT2D eigenvalue weighted by molar-refractivity contribution is 9.10. The van der Waals surface area contributed by atoms with E-state index in [4.69, 9.17) is 0 Å². The van der Waals surface area contributed by atoms with Crippen LogP contribution in [0.2, 0.25) is 0 Å². The molecule has 1 heterocycles. The van der Waals surface area contributed by atoms with Gasteiger partial charge in [-0.1, -0.05) is 58.4 Å². The molecule has 3 aromatic rings. The van der Waals surface area contributed by atoms with Crippen molar-refractivity contribution < 1.29 is 0 Å². The third kappa shape index (κ3) is 1.79. The van der Waals surface area contributed by atoms with E-state index < -0.39 is 0 Å². The number of hydrogen-bond acceptors (Lipinski definition) is 1. The molecule has 1 unspecified atom stereocenters. The Morgan fingerprint density at radius 1 is 1.00 bits per heavy atom. The van der Waals surface area contributed by atoms with Gasteiger partial charge in [-0.2, -0.15) is 0 Å². The van der Waals surface area contributed by atoms with E-state index in [2.05, 4.69) is 83.5 Å². The van der Waals surface area contributed by atoms with Gasteiger partial charge >= 0.3 is 0 Å². The Labute approximate surface area is 130 Å². The summed E-state index contributed by atoms with van der Waals surface area (Å²) in [6.07, 6.45) is 4.74. The molecule has 1 aliphatic carbocycles. The number of thiophene rings is 1. The summed E-state index contributed by atoms with van der Waals surface area (Å²) >= 11 is 5.55. The zero-order valence-corrected chi connectivity index (χ0v) is 13.5. The topological polar surface area (TPSA) is 0 Å². The maximum Gasteiger partial charge on any atom is 0.0396 e. The quantitative estimate of drug-likeness (QED) is 0.622. The second-order valence-electron chi connectivity index (χ2n) is 5.46. The van der Waals surface area contributed by atoms with E-state index in [0.29, 0.717) is 0 Å². The summed E-state index contributed by atoms with van der Waals surface area (Å²) in [6.45, 7) is 2.30.